The van der Waals surface area contributed by atoms with Crippen LogP contribution in [0.4, 0.5) is 5.69 Å². The monoisotopic (exact) mass is 227 g/mol. The van der Waals surface area contributed by atoms with Crippen molar-refractivity contribution in [2.45, 2.75) is 32.1 Å². The number of hydrogen-bond donors (Lipinski definition) is 1. The number of pyridine rings is 1. The van der Waals surface area contributed by atoms with Gasteiger partial charge in [-0.1, -0.05) is 11.6 Å². The Kier molecular flexibility index (Phi) is 4.15. The summed E-state index contributed by atoms with van der Waals surface area (Å²) >= 11 is 0. The molecule has 0 unspecified atom stereocenters. The fourth-order valence-corrected chi connectivity index (χ4v) is 2.10. The number of rotatable bonds is 4. The molecule has 0 saturated heterocycles. The highest BCUT2D eigenvalue weighted by Gasteiger charge is 2.03. The van der Waals surface area contributed by atoms with E-state index in [0.717, 1.165) is 18.7 Å². The van der Waals surface area contributed by atoms with E-state index in [0.29, 0.717) is 5.69 Å². The Balaban J connectivity index is 1.81. The molecule has 1 aromatic heterocycles. The van der Waals surface area contributed by atoms with Gasteiger partial charge in [-0.2, -0.15) is 5.26 Å². The molecule has 0 radical (unpaired) electrons. The van der Waals surface area contributed by atoms with Crippen molar-refractivity contribution >= 4 is 5.69 Å². The Morgan fingerprint density at radius 2 is 2.35 bits per heavy atom. The van der Waals surface area contributed by atoms with Crippen LogP contribution in [0.2, 0.25) is 0 Å². The van der Waals surface area contributed by atoms with Crippen LogP contribution in [0, 0.1) is 11.3 Å². The number of allylic oxidation sites excluding steroid dienone is 1. The minimum Gasteiger partial charge on any atom is -0.385 e. The predicted molar refractivity (Wildman–Crippen MR) is 68.6 cm³/mol. The lowest BCUT2D eigenvalue weighted by molar-refractivity contribution is 0.679. The molecule has 0 fully saturated rings. The zero-order valence-corrected chi connectivity index (χ0v) is 9.95. The lowest BCUT2D eigenvalue weighted by atomic mass is 9.97. The van der Waals surface area contributed by atoms with Crippen molar-refractivity contribution in [1.29, 1.82) is 5.26 Å². The summed E-state index contributed by atoms with van der Waals surface area (Å²) in [6.45, 7) is 0.931. The molecular formula is C14H17N3. The number of nitriles is 1. The Hall–Kier alpha value is -1.82. The van der Waals surface area contributed by atoms with Crippen LogP contribution in [-0.2, 0) is 0 Å². The molecule has 1 N–H and O–H groups in total. The van der Waals surface area contributed by atoms with Gasteiger partial charge in [0.2, 0.25) is 0 Å². The van der Waals surface area contributed by atoms with E-state index in [4.69, 9.17) is 5.26 Å². The zero-order valence-electron chi connectivity index (χ0n) is 9.95. The van der Waals surface area contributed by atoms with E-state index in [1.807, 2.05) is 12.1 Å². The summed E-state index contributed by atoms with van der Waals surface area (Å²) in [6, 6.07) is 5.73. The second-order valence-corrected chi connectivity index (χ2v) is 4.33. The normalized spacial score (nSPS) is 14.9. The molecule has 1 heterocycles. The molecular weight excluding hydrogens is 210 g/mol. The van der Waals surface area contributed by atoms with Crippen molar-refractivity contribution in [3.8, 4) is 6.07 Å². The molecule has 0 bridgehead atoms. The number of anilines is 1. The van der Waals surface area contributed by atoms with Gasteiger partial charge in [0.1, 0.15) is 11.8 Å². The second-order valence-electron chi connectivity index (χ2n) is 4.33. The van der Waals surface area contributed by atoms with Gasteiger partial charge in [-0.15, -0.1) is 0 Å². The van der Waals surface area contributed by atoms with Crippen LogP contribution in [0.5, 0.6) is 0 Å². The van der Waals surface area contributed by atoms with Crippen molar-refractivity contribution in [1.82, 2.24) is 4.98 Å². The van der Waals surface area contributed by atoms with Crippen LogP contribution in [-0.4, -0.2) is 11.5 Å². The van der Waals surface area contributed by atoms with E-state index in [2.05, 4.69) is 16.4 Å². The number of aromatic nitrogens is 1. The van der Waals surface area contributed by atoms with Crippen molar-refractivity contribution in [2.24, 2.45) is 0 Å². The van der Waals surface area contributed by atoms with Gasteiger partial charge in [0.25, 0.3) is 0 Å². The maximum atomic E-state index is 8.74. The van der Waals surface area contributed by atoms with Crippen molar-refractivity contribution < 1.29 is 0 Å². The van der Waals surface area contributed by atoms with E-state index < -0.39 is 0 Å². The molecule has 0 saturated carbocycles. The molecule has 0 aliphatic heterocycles. The summed E-state index contributed by atoms with van der Waals surface area (Å²) < 4.78 is 0. The number of nitrogens with zero attached hydrogens (tertiary/aromatic N) is 2. The lowest BCUT2D eigenvalue weighted by Crippen LogP contribution is -2.04. The molecule has 17 heavy (non-hydrogen) atoms. The van der Waals surface area contributed by atoms with Gasteiger partial charge in [-0.25, -0.2) is 4.98 Å². The molecule has 1 aliphatic carbocycles. The van der Waals surface area contributed by atoms with Crippen LogP contribution in [0.15, 0.2) is 30.0 Å². The van der Waals surface area contributed by atoms with E-state index >= 15 is 0 Å². The third-order valence-electron chi connectivity index (χ3n) is 3.03. The van der Waals surface area contributed by atoms with Gasteiger partial charge in [0.05, 0.1) is 0 Å². The quantitative estimate of drug-likeness (QED) is 0.803. The summed E-state index contributed by atoms with van der Waals surface area (Å²) in [5.74, 6) is 0. The fraction of sp³-hybridized carbons (Fsp3) is 0.429. The summed E-state index contributed by atoms with van der Waals surface area (Å²) in [6.07, 6.45) is 10.3. The molecule has 3 nitrogen and oxygen atoms in total. The van der Waals surface area contributed by atoms with Gasteiger partial charge in [0.15, 0.2) is 0 Å². The van der Waals surface area contributed by atoms with E-state index in [9.17, 15) is 0 Å². The molecule has 1 aliphatic rings. The van der Waals surface area contributed by atoms with E-state index in [1.165, 1.54) is 25.7 Å². The molecule has 88 valence electrons. The summed E-state index contributed by atoms with van der Waals surface area (Å²) in [7, 11) is 0. The molecule has 0 amide bonds. The first kappa shape index (κ1) is 11.7. The first-order chi connectivity index (χ1) is 8.38. The van der Waals surface area contributed by atoms with E-state index in [1.54, 1.807) is 17.8 Å². The Morgan fingerprint density at radius 1 is 1.41 bits per heavy atom. The molecule has 3 heteroatoms. The molecule has 1 aromatic rings. The minimum absolute atomic E-state index is 0.465. The Labute approximate surface area is 102 Å². The van der Waals surface area contributed by atoms with Gasteiger partial charge in [-0.05, 0) is 44.2 Å². The Bertz CT molecular complexity index is 443. The number of hydrogen-bond acceptors (Lipinski definition) is 3. The summed E-state index contributed by atoms with van der Waals surface area (Å²) in [5.41, 5.74) is 3.01. The summed E-state index contributed by atoms with van der Waals surface area (Å²) in [4.78, 5) is 3.94. The van der Waals surface area contributed by atoms with Crippen molar-refractivity contribution in [3.63, 3.8) is 0 Å². The molecule has 2 rings (SSSR count). The van der Waals surface area contributed by atoms with Gasteiger partial charge >= 0.3 is 0 Å². The van der Waals surface area contributed by atoms with Crippen LogP contribution in [0.25, 0.3) is 0 Å². The smallest absolute Gasteiger partial charge is 0.142 e. The fourth-order valence-electron chi connectivity index (χ4n) is 2.10. The largest absolute Gasteiger partial charge is 0.385 e. The highest BCUT2D eigenvalue weighted by molar-refractivity contribution is 5.45. The third-order valence-corrected chi connectivity index (χ3v) is 3.03. The first-order valence-electron chi connectivity index (χ1n) is 6.16. The minimum atomic E-state index is 0.465. The van der Waals surface area contributed by atoms with Crippen LogP contribution in [0.1, 0.15) is 37.8 Å². The van der Waals surface area contributed by atoms with E-state index in [-0.39, 0.29) is 0 Å². The predicted octanol–water partition coefficient (Wildman–Crippen LogP) is 3.26. The maximum Gasteiger partial charge on any atom is 0.142 e. The highest BCUT2D eigenvalue weighted by Crippen LogP contribution is 2.20. The summed E-state index contributed by atoms with van der Waals surface area (Å²) in [5, 5.41) is 12.1. The van der Waals surface area contributed by atoms with Gasteiger partial charge in [-0.3, -0.25) is 0 Å². The zero-order chi connectivity index (χ0) is 11.9. The molecule has 0 aromatic carbocycles. The van der Waals surface area contributed by atoms with Crippen LogP contribution >= 0.6 is 0 Å². The number of nitrogens with one attached hydrogen (secondary N) is 1. The van der Waals surface area contributed by atoms with Crippen LogP contribution < -0.4 is 5.32 Å². The highest BCUT2D eigenvalue weighted by atomic mass is 14.9. The SMILES string of the molecule is N#Cc1cc(NCCC2=CCCCC2)ccn1. The Morgan fingerprint density at radius 3 is 3.12 bits per heavy atom. The average molecular weight is 227 g/mol. The van der Waals surface area contributed by atoms with Crippen molar-refractivity contribution in [3.05, 3.63) is 35.7 Å². The third kappa shape index (κ3) is 3.60. The lowest BCUT2D eigenvalue weighted by Gasteiger charge is -2.13. The maximum absolute atomic E-state index is 8.74. The van der Waals surface area contributed by atoms with Gasteiger partial charge < -0.3 is 5.32 Å². The van der Waals surface area contributed by atoms with Gasteiger partial charge in [0, 0.05) is 18.4 Å². The second kappa shape index (κ2) is 6.05. The molecule has 0 atom stereocenters. The average Bonchev–Trinajstić information content (AvgIpc) is 2.40. The topological polar surface area (TPSA) is 48.7 Å². The molecule has 0 spiro atoms. The first-order valence-corrected chi connectivity index (χ1v) is 6.16. The van der Waals surface area contributed by atoms with Crippen LogP contribution in [0.3, 0.4) is 0 Å². The standard InChI is InChI=1S/C14H17N3/c15-11-14-10-13(7-9-17-14)16-8-6-12-4-2-1-3-5-12/h4,7,9-10H,1-3,5-6,8H2,(H,16,17). The van der Waals surface area contributed by atoms with Crippen molar-refractivity contribution in [2.75, 3.05) is 11.9 Å².